The number of aryl methyl sites for hydroxylation is 1. The Bertz CT molecular complexity index is 891. The van der Waals surface area contributed by atoms with Gasteiger partial charge in [0.05, 0.1) is 0 Å². The van der Waals surface area contributed by atoms with Crippen LogP contribution in [0.2, 0.25) is 0 Å². The van der Waals surface area contributed by atoms with Crippen LogP contribution >= 0.6 is 0 Å². The second kappa shape index (κ2) is 8.89. The third-order valence-electron chi connectivity index (χ3n) is 4.84. The summed E-state index contributed by atoms with van der Waals surface area (Å²) in [6, 6.07) is 10.2. The molecular weight excluding hydrogens is 372 g/mol. The number of benzene rings is 1. The number of aromatic nitrogens is 2. The molecule has 1 aliphatic rings. The molecule has 0 radical (unpaired) electrons. The molecule has 0 saturated carbocycles. The van der Waals surface area contributed by atoms with E-state index in [9.17, 15) is 19.5 Å². The first-order valence-corrected chi connectivity index (χ1v) is 9.80. The Hall–Kier alpha value is -3.16. The molecule has 1 atom stereocenters. The quantitative estimate of drug-likeness (QED) is 0.744. The van der Waals surface area contributed by atoms with Crippen molar-refractivity contribution in [1.29, 1.82) is 0 Å². The molecule has 1 aromatic carbocycles. The van der Waals surface area contributed by atoms with Crippen LogP contribution in [0.15, 0.2) is 36.4 Å². The average molecular weight is 398 g/mol. The van der Waals surface area contributed by atoms with Crippen LogP contribution in [0, 0.1) is 5.92 Å². The van der Waals surface area contributed by atoms with E-state index in [1.165, 1.54) is 6.07 Å². The summed E-state index contributed by atoms with van der Waals surface area (Å²) in [5.74, 6) is -1.74. The van der Waals surface area contributed by atoms with Gasteiger partial charge in [-0.2, -0.15) is 5.10 Å². The summed E-state index contributed by atoms with van der Waals surface area (Å²) in [6.07, 6.45) is 1.04. The molecule has 3 rings (SSSR count). The Kier molecular flexibility index (Phi) is 6.31. The van der Waals surface area contributed by atoms with Crippen molar-refractivity contribution in [1.82, 2.24) is 20.0 Å². The highest BCUT2D eigenvalue weighted by Crippen LogP contribution is 2.17. The Morgan fingerprint density at radius 2 is 1.93 bits per heavy atom. The van der Waals surface area contributed by atoms with Crippen molar-refractivity contribution in [3.63, 3.8) is 0 Å². The van der Waals surface area contributed by atoms with Gasteiger partial charge < -0.3 is 15.3 Å². The largest absolute Gasteiger partial charge is 0.480 e. The normalized spacial score (nSPS) is 15.0. The number of nitrogens with one attached hydrogen (secondary N) is 1. The lowest BCUT2D eigenvalue weighted by atomic mass is 10.0. The number of carbonyl (C=O) groups excluding carboxylic acids is 2. The minimum atomic E-state index is -1.09. The lowest BCUT2D eigenvalue weighted by Crippen LogP contribution is -2.41. The van der Waals surface area contributed by atoms with Crippen LogP contribution in [0.5, 0.6) is 0 Å². The van der Waals surface area contributed by atoms with E-state index >= 15 is 0 Å². The maximum absolute atomic E-state index is 13.0. The molecule has 8 heteroatoms. The summed E-state index contributed by atoms with van der Waals surface area (Å²) in [4.78, 5) is 38.7. The zero-order valence-electron chi connectivity index (χ0n) is 16.7. The van der Waals surface area contributed by atoms with Gasteiger partial charge in [-0.15, -0.1) is 0 Å². The first-order chi connectivity index (χ1) is 13.8. The summed E-state index contributed by atoms with van der Waals surface area (Å²) in [5.41, 5.74) is 1.44. The number of aliphatic carboxylic acids is 1. The predicted molar refractivity (Wildman–Crippen MR) is 106 cm³/mol. The molecule has 2 aromatic rings. The average Bonchev–Trinajstić information content (AvgIpc) is 3.05. The number of rotatable bonds is 7. The fraction of sp³-hybridized carbons (Fsp3) is 0.429. The number of carbonyl (C=O) groups is 3. The zero-order valence-corrected chi connectivity index (χ0v) is 16.7. The molecule has 8 nitrogen and oxygen atoms in total. The molecule has 1 aromatic heterocycles. The zero-order chi connectivity index (χ0) is 21.0. The Balaban J connectivity index is 1.76. The summed E-state index contributed by atoms with van der Waals surface area (Å²) >= 11 is 0. The van der Waals surface area contributed by atoms with Gasteiger partial charge in [-0.3, -0.25) is 14.3 Å². The van der Waals surface area contributed by atoms with Crippen LogP contribution in [-0.4, -0.2) is 50.2 Å². The highest BCUT2D eigenvalue weighted by molar-refractivity contribution is 5.99. The van der Waals surface area contributed by atoms with Gasteiger partial charge in [0, 0.05) is 25.7 Å². The van der Waals surface area contributed by atoms with Crippen LogP contribution in [0.25, 0.3) is 0 Å². The summed E-state index contributed by atoms with van der Waals surface area (Å²) in [5, 5.41) is 16.1. The molecule has 0 spiro atoms. The van der Waals surface area contributed by atoms with E-state index in [2.05, 4.69) is 10.4 Å². The van der Waals surface area contributed by atoms with Crippen LogP contribution in [0.3, 0.4) is 0 Å². The number of carboxylic acids is 1. The fourth-order valence-corrected chi connectivity index (χ4v) is 3.42. The first kappa shape index (κ1) is 20.6. The van der Waals surface area contributed by atoms with Crippen molar-refractivity contribution in [2.75, 3.05) is 6.54 Å². The summed E-state index contributed by atoms with van der Waals surface area (Å²) in [6.45, 7) is 5.39. The third kappa shape index (κ3) is 5.01. The number of nitrogens with zero attached hydrogens (tertiary/aromatic N) is 3. The van der Waals surface area contributed by atoms with Gasteiger partial charge in [-0.05, 0) is 24.3 Å². The van der Waals surface area contributed by atoms with Gasteiger partial charge in [0.15, 0.2) is 5.69 Å². The fourth-order valence-electron chi connectivity index (χ4n) is 3.42. The van der Waals surface area contributed by atoms with E-state index < -0.39 is 17.9 Å². The predicted octanol–water partition coefficient (Wildman–Crippen LogP) is 2.16. The van der Waals surface area contributed by atoms with E-state index in [1.54, 1.807) is 9.58 Å². The molecule has 1 unspecified atom stereocenters. The van der Waals surface area contributed by atoms with Gasteiger partial charge in [0.2, 0.25) is 0 Å². The number of amides is 2. The van der Waals surface area contributed by atoms with E-state index in [0.717, 1.165) is 12.0 Å². The molecule has 29 heavy (non-hydrogen) atoms. The molecule has 154 valence electrons. The second-order valence-electron chi connectivity index (χ2n) is 7.70. The molecular formula is C21H26N4O4. The van der Waals surface area contributed by atoms with Crippen LogP contribution < -0.4 is 5.32 Å². The maximum atomic E-state index is 13.0. The van der Waals surface area contributed by atoms with E-state index in [1.807, 2.05) is 44.2 Å². The highest BCUT2D eigenvalue weighted by Gasteiger charge is 2.28. The van der Waals surface area contributed by atoms with Crippen molar-refractivity contribution in [2.45, 2.75) is 45.8 Å². The number of hydrogen-bond donors (Lipinski definition) is 2. The lowest BCUT2D eigenvalue weighted by Gasteiger charge is -2.20. The first-order valence-electron chi connectivity index (χ1n) is 9.80. The number of fused-ring (bicyclic) bond motifs is 1. The molecule has 1 aliphatic heterocycles. The van der Waals surface area contributed by atoms with E-state index in [0.29, 0.717) is 31.7 Å². The number of carboxylic acid groups (broad SMARTS) is 1. The van der Waals surface area contributed by atoms with Gasteiger partial charge in [0.1, 0.15) is 11.7 Å². The van der Waals surface area contributed by atoms with E-state index in [4.69, 9.17) is 0 Å². The van der Waals surface area contributed by atoms with E-state index in [-0.39, 0.29) is 17.5 Å². The summed E-state index contributed by atoms with van der Waals surface area (Å²) in [7, 11) is 0. The molecule has 0 bridgehead atoms. The van der Waals surface area contributed by atoms with Gasteiger partial charge in [-0.1, -0.05) is 44.2 Å². The standard InChI is InChI=1S/C21H26N4O4/c1-14(2)11-17(21(28)29)22-19(26)16-12-18-20(27)24(9-6-10-25(18)23-16)13-15-7-4-3-5-8-15/h3-5,7-8,12,14,17H,6,9-11,13H2,1-2H3,(H,22,26)(H,28,29). The number of hydrogen-bond acceptors (Lipinski definition) is 4. The molecule has 2 amide bonds. The Morgan fingerprint density at radius 3 is 2.59 bits per heavy atom. The molecule has 0 aliphatic carbocycles. The Morgan fingerprint density at radius 1 is 1.21 bits per heavy atom. The minimum absolute atomic E-state index is 0.0601. The Labute approximate surface area is 169 Å². The van der Waals surface area contributed by atoms with Crippen molar-refractivity contribution in [2.24, 2.45) is 5.92 Å². The third-order valence-corrected chi connectivity index (χ3v) is 4.84. The summed E-state index contributed by atoms with van der Waals surface area (Å²) < 4.78 is 1.54. The van der Waals surface area contributed by atoms with Crippen molar-refractivity contribution < 1.29 is 19.5 Å². The van der Waals surface area contributed by atoms with Crippen LogP contribution in [0.1, 0.15) is 53.2 Å². The van der Waals surface area contributed by atoms with Gasteiger partial charge >= 0.3 is 5.97 Å². The second-order valence-corrected chi connectivity index (χ2v) is 7.70. The smallest absolute Gasteiger partial charge is 0.326 e. The van der Waals surface area contributed by atoms with Crippen molar-refractivity contribution in [3.05, 3.63) is 53.3 Å². The SMILES string of the molecule is CC(C)CC(NC(=O)c1cc2n(n1)CCCN(Cc1ccccc1)C2=O)C(=O)O. The monoisotopic (exact) mass is 398 g/mol. The van der Waals surface area contributed by atoms with Gasteiger partial charge in [0.25, 0.3) is 11.8 Å². The molecule has 2 N–H and O–H groups in total. The lowest BCUT2D eigenvalue weighted by molar-refractivity contribution is -0.139. The van der Waals surface area contributed by atoms with Crippen molar-refractivity contribution in [3.8, 4) is 0 Å². The molecule has 2 heterocycles. The van der Waals surface area contributed by atoms with Crippen molar-refractivity contribution >= 4 is 17.8 Å². The maximum Gasteiger partial charge on any atom is 0.326 e. The van der Waals surface area contributed by atoms with Crippen LogP contribution in [-0.2, 0) is 17.9 Å². The molecule has 0 saturated heterocycles. The van der Waals surface area contributed by atoms with Crippen LogP contribution in [0.4, 0.5) is 0 Å². The topological polar surface area (TPSA) is 105 Å². The van der Waals surface area contributed by atoms with Gasteiger partial charge in [-0.25, -0.2) is 4.79 Å². The minimum Gasteiger partial charge on any atom is -0.480 e. The molecule has 0 fully saturated rings. The highest BCUT2D eigenvalue weighted by atomic mass is 16.4.